The molecule has 1 N–H and O–H groups in total. The number of aliphatic imine (C=N–C) groups is 1. The van der Waals surface area contributed by atoms with Gasteiger partial charge >= 0.3 is 12.3 Å². The quantitative estimate of drug-likeness (QED) is 0.670. The minimum Gasteiger partial charge on any atom is -0.423 e. The summed E-state index contributed by atoms with van der Waals surface area (Å²) in [6, 6.07) is 2.02. The third-order valence-electron chi connectivity index (χ3n) is 2.96. The molecule has 1 aromatic carbocycles. The van der Waals surface area contributed by atoms with Gasteiger partial charge in [0.15, 0.2) is 11.7 Å². The molecule has 0 atom stereocenters. The van der Waals surface area contributed by atoms with Crippen molar-refractivity contribution >= 4 is 11.6 Å². The molecule has 0 radical (unpaired) electrons. The van der Waals surface area contributed by atoms with Crippen LogP contribution in [0, 0.1) is 18.2 Å². The van der Waals surface area contributed by atoms with E-state index in [4.69, 9.17) is 6.42 Å². The lowest BCUT2D eigenvalue weighted by atomic mass is 10.3. The number of guanidine groups is 1. The highest BCUT2D eigenvalue weighted by molar-refractivity contribution is 5.85. The van der Waals surface area contributed by atoms with Crippen LogP contribution in [0.2, 0.25) is 0 Å². The van der Waals surface area contributed by atoms with Crippen LogP contribution in [-0.2, 0) is 0 Å². The monoisotopic (exact) mass is 351 g/mol. The van der Waals surface area contributed by atoms with E-state index in [1.54, 1.807) is 0 Å². The van der Waals surface area contributed by atoms with Gasteiger partial charge in [-0.1, -0.05) is 5.92 Å². The van der Waals surface area contributed by atoms with E-state index in [2.05, 4.69) is 21.0 Å². The molecule has 0 unspecified atom stereocenters. The number of benzene rings is 1. The summed E-state index contributed by atoms with van der Waals surface area (Å²) < 4.78 is 80.0. The van der Waals surface area contributed by atoms with Gasteiger partial charge in [0.2, 0.25) is 0 Å². The SMILES string of the molecule is C#CCN1CCN/C1=N\c1cc(F)ccc1OC(F)(F)C(F)(F)F. The van der Waals surface area contributed by atoms with E-state index in [9.17, 15) is 26.3 Å². The van der Waals surface area contributed by atoms with Gasteiger partial charge in [0.25, 0.3) is 0 Å². The van der Waals surface area contributed by atoms with Gasteiger partial charge in [-0.15, -0.1) is 6.42 Å². The number of hydrogen-bond acceptors (Lipinski definition) is 2. The van der Waals surface area contributed by atoms with Crippen molar-refractivity contribution in [3.05, 3.63) is 24.0 Å². The average Bonchev–Trinajstić information content (AvgIpc) is 2.88. The predicted molar refractivity (Wildman–Crippen MR) is 73.5 cm³/mol. The van der Waals surface area contributed by atoms with E-state index >= 15 is 0 Å². The van der Waals surface area contributed by atoms with Gasteiger partial charge in [-0.25, -0.2) is 9.38 Å². The fourth-order valence-electron chi connectivity index (χ4n) is 1.87. The first-order valence-electron chi connectivity index (χ1n) is 6.58. The molecule has 0 aromatic heterocycles. The van der Waals surface area contributed by atoms with Crippen molar-refractivity contribution in [2.24, 2.45) is 4.99 Å². The van der Waals surface area contributed by atoms with Crippen LogP contribution in [0.5, 0.6) is 5.75 Å². The van der Waals surface area contributed by atoms with Gasteiger partial charge in [-0.3, -0.25) is 0 Å². The lowest BCUT2D eigenvalue weighted by Gasteiger charge is -2.21. The number of halogens is 6. The highest BCUT2D eigenvalue weighted by Crippen LogP contribution is 2.40. The normalized spacial score (nSPS) is 16.9. The molecule has 1 saturated heterocycles. The van der Waals surface area contributed by atoms with Gasteiger partial charge < -0.3 is 15.0 Å². The van der Waals surface area contributed by atoms with Gasteiger partial charge in [0, 0.05) is 19.2 Å². The van der Waals surface area contributed by atoms with Crippen LogP contribution < -0.4 is 10.1 Å². The molecule has 0 spiro atoms. The minimum absolute atomic E-state index is 0.124. The number of rotatable bonds is 4. The minimum atomic E-state index is -5.92. The Morgan fingerprint density at radius 3 is 2.62 bits per heavy atom. The first kappa shape index (κ1) is 17.8. The molecule has 1 heterocycles. The molecule has 1 aliphatic rings. The molecule has 2 rings (SSSR count). The smallest absolute Gasteiger partial charge is 0.423 e. The maximum Gasteiger partial charge on any atom is 0.499 e. The van der Waals surface area contributed by atoms with Crippen LogP contribution in [0.4, 0.5) is 32.0 Å². The molecule has 1 aliphatic heterocycles. The van der Waals surface area contributed by atoms with Crippen LogP contribution in [0.15, 0.2) is 23.2 Å². The van der Waals surface area contributed by atoms with Crippen molar-refractivity contribution in [3.8, 4) is 18.1 Å². The van der Waals surface area contributed by atoms with Crippen molar-refractivity contribution in [3.63, 3.8) is 0 Å². The Balaban J connectivity index is 2.37. The lowest BCUT2D eigenvalue weighted by Crippen LogP contribution is -2.41. The molecule has 10 heteroatoms. The second-order valence-corrected chi connectivity index (χ2v) is 4.72. The maximum atomic E-state index is 13.3. The van der Waals surface area contributed by atoms with Crippen LogP contribution >= 0.6 is 0 Å². The molecule has 0 saturated carbocycles. The molecule has 1 aromatic rings. The summed E-state index contributed by atoms with van der Waals surface area (Å²) in [5, 5.41) is 2.77. The van der Waals surface area contributed by atoms with Gasteiger partial charge in [0.05, 0.1) is 6.54 Å². The van der Waals surface area contributed by atoms with Gasteiger partial charge in [0.1, 0.15) is 11.5 Å². The molecule has 1 fully saturated rings. The molecular weight excluding hydrogens is 340 g/mol. The molecule has 0 bridgehead atoms. The molecular formula is C14H11F6N3O. The average molecular weight is 351 g/mol. The zero-order valence-corrected chi connectivity index (χ0v) is 12.0. The van der Waals surface area contributed by atoms with E-state index < -0.39 is 29.5 Å². The molecule has 4 nitrogen and oxygen atoms in total. The van der Waals surface area contributed by atoms with E-state index in [1.165, 1.54) is 4.90 Å². The standard InChI is InChI=1S/C14H11F6N3O/c1-2-6-23-7-5-21-12(23)22-10-8-9(15)3-4-11(10)24-14(19,20)13(16,17)18/h1,3-4,8H,5-7H2,(H,21,22). The first-order chi connectivity index (χ1) is 11.1. The number of nitrogens with one attached hydrogen (secondary N) is 1. The third kappa shape index (κ3) is 3.84. The van der Waals surface area contributed by atoms with Crippen molar-refractivity contribution in [2.45, 2.75) is 12.3 Å². The number of alkyl halides is 5. The predicted octanol–water partition coefficient (Wildman–Crippen LogP) is 2.89. The van der Waals surface area contributed by atoms with Crippen molar-refractivity contribution in [1.29, 1.82) is 0 Å². The summed E-state index contributed by atoms with van der Waals surface area (Å²) in [5.41, 5.74) is -0.523. The Morgan fingerprint density at radius 1 is 1.29 bits per heavy atom. The van der Waals surface area contributed by atoms with E-state index in [0.717, 1.165) is 0 Å². The van der Waals surface area contributed by atoms with Crippen LogP contribution in [0.1, 0.15) is 0 Å². The second-order valence-electron chi connectivity index (χ2n) is 4.72. The van der Waals surface area contributed by atoms with Crippen molar-refractivity contribution in [2.75, 3.05) is 19.6 Å². The topological polar surface area (TPSA) is 36.9 Å². The number of terminal acetylenes is 1. The number of hydrogen-bond donors (Lipinski definition) is 1. The molecule has 130 valence electrons. The zero-order valence-electron chi connectivity index (χ0n) is 12.0. The summed E-state index contributed by atoms with van der Waals surface area (Å²) >= 11 is 0. The van der Waals surface area contributed by atoms with Crippen LogP contribution in [0.3, 0.4) is 0 Å². The Labute approximate surface area is 133 Å². The Kier molecular flexibility index (Phi) is 4.82. The van der Waals surface area contributed by atoms with E-state index in [-0.39, 0.29) is 12.5 Å². The fourth-order valence-corrected chi connectivity index (χ4v) is 1.87. The first-order valence-corrected chi connectivity index (χ1v) is 6.58. The molecule has 0 aliphatic carbocycles. The highest BCUT2D eigenvalue weighted by Gasteiger charge is 2.61. The summed E-state index contributed by atoms with van der Waals surface area (Å²) in [6.45, 7) is 1.02. The number of ether oxygens (including phenoxy) is 1. The van der Waals surface area contributed by atoms with Gasteiger partial charge in [-0.05, 0) is 12.1 Å². The fraction of sp³-hybridized carbons (Fsp3) is 0.357. The Bertz CT molecular complexity index is 680. The summed E-state index contributed by atoms with van der Waals surface area (Å²) in [5.74, 6) is 0.672. The van der Waals surface area contributed by atoms with Crippen LogP contribution in [0.25, 0.3) is 0 Å². The van der Waals surface area contributed by atoms with E-state index in [1.807, 2.05) is 0 Å². The number of nitrogens with zero attached hydrogens (tertiary/aromatic N) is 2. The van der Waals surface area contributed by atoms with Crippen molar-refractivity contribution in [1.82, 2.24) is 10.2 Å². The largest absolute Gasteiger partial charge is 0.499 e. The van der Waals surface area contributed by atoms with Crippen molar-refractivity contribution < 1.29 is 31.1 Å². The molecule has 24 heavy (non-hydrogen) atoms. The lowest BCUT2D eigenvalue weighted by molar-refractivity contribution is -0.360. The summed E-state index contributed by atoms with van der Waals surface area (Å²) in [6.07, 6.45) is -6.20. The van der Waals surface area contributed by atoms with Crippen LogP contribution in [-0.4, -0.2) is 42.8 Å². The summed E-state index contributed by atoms with van der Waals surface area (Å²) in [7, 11) is 0. The zero-order chi connectivity index (χ0) is 18.0. The Morgan fingerprint density at radius 2 is 2.00 bits per heavy atom. The summed E-state index contributed by atoms with van der Waals surface area (Å²) in [4.78, 5) is 5.39. The molecule has 0 amide bonds. The second kappa shape index (κ2) is 6.51. The van der Waals surface area contributed by atoms with E-state index in [0.29, 0.717) is 31.3 Å². The third-order valence-corrected chi connectivity index (χ3v) is 2.96. The highest BCUT2D eigenvalue weighted by atomic mass is 19.4. The van der Waals surface area contributed by atoms with Gasteiger partial charge in [-0.2, -0.15) is 22.0 Å². The maximum absolute atomic E-state index is 13.3. The Hall–Kier alpha value is -2.57.